The Balaban J connectivity index is 2.00. The van der Waals surface area contributed by atoms with Crippen LogP contribution in [0, 0.1) is 0 Å². The van der Waals surface area contributed by atoms with E-state index in [-0.39, 0.29) is 6.04 Å². The fourth-order valence-electron chi connectivity index (χ4n) is 1.56. The molecule has 0 spiro atoms. The predicted octanol–water partition coefficient (Wildman–Crippen LogP) is 2.32. The molecule has 94 valence electrons. The molecule has 0 aliphatic rings. The summed E-state index contributed by atoms with van der Waals surface area (Å²) in [6, 6.07) is 10.9. The number of hydrogen-bond donors (Lipinski definition) is 2. The predicted molar refractivity (Wildman–Crippen MR) is 71.2 cm³/mol. The first-order valence-electron chi connectivity index (χ1n) is 5.54. The van der Waals surface area contributed by atoms with Gasteiger partial charge in [-0.3, -0.25) is 10.8 Å². The zero-order chi connectivity index (χ0) is 12.8. The van der Waals surface area contributed by atoms with Crippen LogP contribution in [0.2, 0.25) is 5.02 Å². The van der Waals surface area contributed by atoms with Crippen molar-refractivity contribution in [1.82, 2.24) is 10.4 Å². The van der Waals surface area contributed by atoms with Crippen molar-refractivity contribution in [3.05, 3.63) is 59.4 Å². The minimum Gasteiger partial charge on any atom is -0.492 e. The van der Waals surface area contributed by atoms with Crippen molar-refractivity contribution in [3.63, 3.8) is 0 Å². The molecule has 0 fully saturated rings. The van der Waals surface area contributed by atoms with Crippen LogP contribution in [0.5, 0.6) is 5.75 Å². The van der Waals surface area contributed by atoms with Gasteiger partial charge >= 0.3 is 0 Å². The summed E-state index contributed by atoms with van der Waals surface area (Å²) < 4.78 is 5.64. The van der Waals surface area contributed by atoms with Gasteiger partial charge in [-0.1, -0.05) is 23.7 Å². The zero-order valence-corrected chi connectivity index (χ0v) is 10.5. The van der Waals surface area contributed by atoms with Gasteiger partial charge in [0.25, 0.3) is 0 Å². The van der Waals surface area contributed by atoms with Gasteiger partial charge in [0.15, 0.2) is 0 Å². The molecule has 3 N–H and O–H groups in total. The number of rotatable bonds is 5. The number of nitrogens with zero attached hydrogens (tertiary/aromatic N) is 1. The van der Waals surface area contributed by atoms with Gasteiger partial charge in [-0.25, -0.2) is 5.43 Å². The molecule has 18 heavy (non-hydrogen) atoms. The highest BCUT2D eigenvalue weighted by Crippen LogP contribution is 2.19. The van der Waals surface area contributed by atoms with E-state index in [0.717, 1.165) is 5.56 Å². The van der Waals surface area contributed by atoms with Crippen LogP contribution in [0.25, 0.3) is 0 Å². The lowest BCUT2D eigenvalue weighted by atomic mass is 10.1. The molecule has 1 heterocycles. The zero-order valence-electron chi connectivity index (χ0n) is 9.71. The van der Waals surface area contributed by atoms with Crippen LogP contribution in [0.4, 0.5) is 0 Å². The standard InChI is InChI=1S/C13H14ClN3O/c14-11-4-1-5-12(7-11)18-9-13(17-15)10-3-2-6-16-8-10/h1-8,13,17H,9,15H2. The summed E-state index contributed by atoms with van der Waals surface area (Å²) in [5.41, 5.74) is 3.68. The van der Waals surface area contributed by atoms with Gasteiger partial charge in [-0.2, -0.15) is 0 Å². The molecule has 1 unspecified atom stereocenters. The van der Waals surface area contributed by atoms with Crippen LogP contribution in [-0.4, -0.2) is 11.6 Å². The van der Waals surface area contributed by atoms with E-state index in [1.165, 1.54) is 0 Å². The lowest BCUT2D eigenvalue weighted by Crippen LogP contribution is -2.32. The smallest absolute Gasteiger partial charge is 0.120 e. The summed E-state index contributed by atoms with van der Waals surface area (Å²) in [7, 11) is 0. The molecular formula is C13H14ClN3O. The Morgan fingerprint density at radius 1 is 1.33 bits per heavy atom. The van der Waals surface area contributed by atoms with Gasteiger partial charge < -0.3 is 4.74 Å². The maximum atomic E-state index is 5.88. The molecule has 1 aromatic carbocycles. The van der Waals surface area contributed by atoms with Crippen molar-refractivity contribution in [2.75, 3.05) is 6.61 Å². The number of hydrogen-bond acceptors (Lipinski definition) is 4. The molecule has 1 atom stereocenters. The van der Waals surface area contributed by atoms with Crippen molar-refractivity contribution in [2.24, 2.45) is 5.84 Å². The number of nitrogens with one attached hydrogen (secondary N) is 1. The third-order valence-electron chi connectivity index (χ3n) is 2.50. The quantitative estimate of drug-likeness (QED) is 0.642. The number of pyridine rings is 1. The van der Waals surface area contributed by atoms with E-state index < -0.39 is 0 Å². The van der Waals surface area contributed by atoms with E-state index in [0.29, 0.717) is 17.4 Å². The van der Waals surface area contributed by atoms with Gasteiger partial charge in [0.05, 0.1) is 6.04 Å². The van der Waals surface area contributed by atoms with Gasteiger partial charge in [0.1, 0.15) is 12.4 Å². The second-order valence-electron chi connectivity index (χ2n) is 3.77. The average molecular weight is 264 g/mol. The molecule has 0 aliphatic carbocycles. The van der Waals surface area contributed by atoms with E-state index in [2.05, 4.69) is 10.4 Å². The molecule has 4 nitrogen and oxygen atoms in total. The van der Waals surface area contributed by atoms with Gasteiger partial charge in [0, 0.05) is 17.4 Å². The highest BCUT2D eigenvalue weighted by molar-refractivity contribution is 6.30. The number of halogens is 1. The lowest BCUT2D eigenvalue weighted by molar-refractivity contribution is 0.267. The minimum absolute atomic E-state index is 0.113. The molecule has 2 rings (SSSR count). The van der Waals surface area contributed by atoms with E-state index in [9.17, 15) is 0 Å². The Bertz CT molecular complexity index is 493. The first kappa shape index (κ1) is 12.8. The third-order valence-corrected chi connectivity index (χ3v) is 2.74. The minimum atomic E-state index is -0.113. The van der Waals surface area contributed by atoms with E-state index >= 15 is 0 Å². The molecule has 0 radical (unpaired) electrons. The molecule has 0 bridgehead atoms. The van der Waals surface area contributed by atoms with E-state index in [1.54, 1.807) is 24.5 Å². The fourth-order valence-corrected chi connectivity index (χ4v) is 1.74. The van der Waals surface area contributed by atoms with Crippen molar-refractivity contribution in [1.29, 1.82) is 0 Å². The summed E-state index contributed by atoms with van der Waals surface area (Å²) in [5.74, 6) is 6.23. The van der Waals surface area contributed by atoms with Gasteiger partial charge in [-0.15, -0.1) is 0 Å². The number of aromatic nitrogens is 1. The SMILES string of the molecule is NNC(COc1cccc(Cl)c1)c1cccnc1. The highest BCUT2D eigenvalue weighted by atomic mass is 35.5. The summed E-state index contributed by atoms with van der Waals surface area (Å²) in [4.78, 5) is 4.05. The molecule has 1 aromatic heterocycles. The maximum Gasteiger partial charge on any atom is 0.120 e. The van der Waals surface area contributed by atoms with E-state index in [1.807, 2.05) is 24.3 Å². The summed E-state index contributed by atoms with van der Waals surface area (Å²) in [5, 5.41) is 0.645. The van der Waals surface area contributed by atoms with Crippen LogP contribution >= 0.6 is 11.6 Å². The first-order chi connectivity index (χ1) is 8.79. The van der Waals surface area contributed by atoms with Gasteiger partial charge in [-0.05, 0) is 29.8 Å². The van der Waals surface area contributed by atoms with Crippen LogP contribution < -0.4 is 16.0 Å². The Labute approximate surface area is 111 Å². The molecule has 0 amide bonds. The monoisotopic (exact) mass is 263 g/mol. The number of nitrogens with two attached hydrogens (primary N) is 1. The first-order valence-corrected chi connectivity index (χ1v) is 5.92. The number of ether oxygens (including phenoxy) is 1. The molecule has 0 aliphatic heterocycles. The molecular weight excluding hydrogens is 250 g/mol. The number of hydrazine groups is 1. The van der Waals surface area contributed by atoms with Crippen LogP contribution in [-0.2, 0) is 0 Å². The average Bonchev–Trinajstić information content (AvgIpc) is 2.41. The molecule has 2 aromatic rings. The molecule has 0 saturated heterocycles. The Morgan fingerprint density at radius 2 is 2.22 bits per heavy atom. The Kier molecular flexibility index (Phi) is 4.52. The second-order valence-corrected chi connectivity index (χ2v) is 4.21. The van der Waals surface area contributed by atoms with Crippen molar-refractivity contribution in [2.45, 2.75) is 6.04 Å². The Morgan fingerprint density at radius 3 is 2.89 bits per heavy atom. The van der Waals surface area contributed by atoms with Crippen molar-refractivity contribution >= 4 is 11.6 Å². The molecule has 0 saturated carbocycles. The van der Waals surface area contributed by atoms with Crippen molar-refractivity contribution in [3.8, 4) is 5.75 Å². The largest absolute Gasteiger partial charge is 0.492 e. The number of benzene rings is 1. The second kappa shape index (κ2) is 6.35. The summed E-state index contributed by atoms with van der Waals surface area (Å²) >= 11 is 5.88. The normalized spacial score (nSPS) is 12.1. The van der Waals surface area contributed by atoms with Gasteiger partial charge in [0.2, 0.25) is 0 Å². The van der Waals surface area contributed by atoms with Crippen molar-refractivity contribution < 1.29 is 4.74 Å². The third kappa shape index (κ3) is 3.43. The van der Waals surface area contributed by atoms with Crippen LogP contribution in [0.1, 0.15) is 11.6 Å². The highest BCUT2D eigenvalue weighted by Gasteiger charge is 2.10. The Hall–Kier alpha value is -1.62. The summed E-state index contributed by atoms with van der Waals surface area (Å²) in [6.45, 7) is 0.405. The maximum absolute atomic E-state index is 5.88. The molecule has 5 heteroatoms. The van der Waals surface area contributed by atoms with Crippen LogP contribution in [0.15, 0.2) is 48.8 Å². The van der Waals surface area contributed by atoms with E-state index in [4.69, 9.17) is 22.2 Å². The fraction of sp³-hybridized carbons (Fsp3) is 0.154. The van der Waals surface area contributed by atoms with Crippen LogP contribution in [0.3, 0.4) is 0 Å². The lowest BCUT2D eigenvalue weighted by Gasteiger charge is -2.16. The topological polar surface area (TPSA) is 60.2 Å². The summed E-state index contributed by atoms with van der Waals surface area (Å²) in [6.07, 6.45) is 3.47.